The lowest BCUT2D eigenvalue weighted by Crippen LogP contribution is -2.21. The number of nitrogens with one attached hydrogen (secondary N) is 2. The number of rotatable bonds is 2. The van der Waals surface area contributed by atoms with Crippen LogP contribution in [-0.2, 0) is 4.79 Å². The molecule has 2 N–H and O–H groups in total. The third-order valence-corrected chi connectivity index (χ3v) is 6.46. The van der Waals surface area contributed by atoms with Crippen LogP contribution in [0.3, 0.4) is 0 Å². The number of hydrogen-bond donors (Lipinski definition) is 2. The van der Waals surface area contributed by atoms with Gasteiger partial charge in [0.1, 0.15) is 5.82 Å². The normalized spacial score (nSPS) is 21.5. The largest absolute Gasteiger partial charge is 0.310 e. The number of hydrogen-bond acceptors (Lipinski definition) is 3. The summed E-state index contributed by atoms with van der Waals surface area (Å²) in [5, 5.41) is 6.37. The van der Waals surface area contributed by atoms with E-state index < -0.39 is 0 Å². The molecule has 2 aliphatic rings. The molecule has 1 saturated carbocycles. The van der Waals surface area contributed by atoms with Crippen LogP contribution in [0.15, 0.2) is 29.1 Å². The van der Waals surface area contributed by atoms with Crippen LogP contribution < -0.4 is 10.9 Å². The molecular weight excluding hydrogens is 358 g/mol. The van der Waals surface area contributed by atoms with E-state index >= 15 is 0 Å². The van der Waals surface area contributed by atoms with E-state index in [9.17, 15) is 9.59 Å². The number of anilines is 1. The van der Waals surface area contributed by atoms with Crippen molar-refractivity contribution in [2.45, 2.75) is 43.4 Å². The number of thioether (sulfide) groups is 1. The van der Waals surface area contributed by atoms with E-state index in [2.05, 4.69) is 10.4 Å². The molecule has 0 bridgehead atoms. The highest BCUT2D eigenvalue weighted by molar-refractivity contribution is 8.00. The first-order valence-electron chi connectivity index (χ1n) is 8.65. The first-order valence-corrected chi connectivity index (χ1v) is 10.1. The number of nitrogens with zero attached hydrogens (tertiary/aromatic N) is 1. The summed E-state index contributed by atoms with van der Waals surface area (Å²) in [5.41, 5.74) is 1.45. The van der Waals surface area contributed by atoms with Gasteiger partial charge in [-0.25, -0.2) is 0 Å². The molecule has 0 radical (unpaired) electrons. The lowest BCUT2D eigenvalue weighted by atomic mass is 9.95. The Labute approximate surface area is 155 Å². The number of H-pyrrole nitrogens is 1. The molecule has 0 spiro atoms. The van der Waals surface area contributed by atoms with Gasteiger partial charge in [0.15, 0.2) is 0 Å². The summed E-state index contributed by atoms with van der Waals surface area (Å²) in [6, 6.07) is 7.77. The first-order chi connectivity index (χ1) is 12.1. The fourth-order valence-corrected chi connectivity index (χ4v) is 5.10. The molecule has 1 fully saturated rings. The molecule has 7 heteroatoms. The molecule has 0 saturated heterocycles. The molecule has 1 aliphatic carbocycles. The van der Waals surface area contributed by atoms with E-state index in [0.717, 1.165) is 31.2 Å². The second-order valence-corrected chi connectivity index (χ2v) is 8.19. The zero-order valence-electron chi connectivity index (χ0n) is 13.8. The van der Waals surface area contributed by atoms with E-state index in [0.29, 0.717) is 22.2 Å². The summed E-state index contributed by atoms with van der Waals surface area (Å²) < 4.78 is 1.90. The predicted molar refractivity (Wildman–Crippen MR) is 102 cm³/mol. The summed E-state index contributed by atoms with van der Waals surface area (Å²) in [7, 11) is 0. The minimum absolute atomic E-state index is 0.0701. The van der Waals surface area contributed by atoms with Crippen LogP contribution in [0.1, 0.15) is 54.5 Å². The van der Waals surface area contributed by atoms with E-state index in [1.807, 2.05) is 28.9 Å². The third kappa shape index (κ3) is 3.25. The SMILES string of the molecule is O=C1CSC(c2cccc(Cl)c2)c2c(n(C3CCCCC3)[nH]c2=O)N1. The number of benzene rings is 1. The molecule has 5 nitrogen and oxygen atoms in total. The van der Waals surface area contributed by atoms with Gasteiger partial charge >= 0.3 is 0 Å². The van der Waals surface area contributed by atoms with E-state index in [1.165, 1.54) is 18.2 Å². The fourth-order valence-electron chi connectivity index (χ4n) is 3.79. The van der Waals surface area contributed by atoms with Gasteiger partial charge in [-0.05, 0) is 30.5 Å². The van der Waals surface area contributed by atoms with Gasteiger partial charge in [-0.2, -0.15) is 0 Å². The Hall–Kier alpha value is -1.66. The Morgan fingerprint density at radius 3 is 2.72 bits per heavy atom. The summed E-state index contributed by atoms with van der Waals surface area (Å²) in [5.74, 6) is 0.881. The van der Waals surface area contributed by atoms with Crippen LogP contribution in [0.2, 0.25) is 5.02 Å². The van der Waals surface area contributed by atoms with E-state index in [-0.39, 0.29) is 22.8 Å². The molecule has 1 unspecified atom stereocenters. The van der Waals surface area contributed by atoms with Crippen LogP contribution in [0.25, 0.3) is 0 Å². The monoisotopic (exact) mass is 377 g/mol. The lowest BCUT2D eigenvalue weighted by Gasteiger charge is -2.24. The first kappa shape index (κ1) is 16.8. The number of aromatic amines is 1. The smallest absolute Gasteiger partial charge is 0.270 e. The van der Waals surface area contributed by atoms with Gasteiger partial charge in [-0.15, -0.1) is 11.8 Å². The molecule has 1 amide bonds. The molecule has 1 aliphatic heterocycles. The van der Waals surface area contributed by atoms with E-state index in [1.54, 1.807) is 0 Å². The Morgan fingerprint density at radius 1 is 1.16 bits per heavy atom. The standard InChI is InChI=1S/C18H20ClN3O2S/c19-12-6-4-5-11(9-12)16-15-17(20-14(23)10-25-16)22(21-18(15)24)13-7-2-1-3-8-13/h4-6,9,13,16H,1-3,7-8,10H2,(H,20,23)(H,21,24). The summed E-state index contributed by atoms with van der Waals surface area (Å²) >= 11 is 7.61. The van der Waals surface area contributed by atoms with Crippen molar-refractivity contribution in [2.75, 3.05) is 11.1 Å². The zero-order valence-corrected chi connectivity index (χ0v) is 15.3. The van der Waals surface area contributed by atoms with Crippen LogP contribution >= 0.6 is 23.4 Å². The van der Waals surface area contributed by atoms with Crippen LogP contribution in [0.5, 0.6) is 0 Å². The highest BCUT2D eigenvalue weighted by Crippen LogP contribution is 2.42. The molecule has 2 heterocycles. The van der Waals surface area contributed by atoms with Crippen molar-refractivity contribution in [3.05, 3.63) is 50.8 Å². The zero-order chi connectivity index (χ0) is 17.4. The number of carbonyl (C=O) groups excluding carboxylic acids is 1. The van der Waals surface area contributed by atoms with Gasteiger partial charge < -0.3 is 5.32 Å². The summed E-state index contributed by atoms with van der Waals surface area (Å²) in [4.78, 5) is 25.0. The van der Waals surface area contributed by atoms with Crippen LogP contribution in [-0.4, -0.2) is 21.4 Å². The minimum atomic E-state index is -0.207. The van der Waals surface area contributed by atoms with Gasteiger partial charge in [-0.3, -0.25) is 19.4 Å². The van der Waals surface area contributed by atoms with Crippen molar-refractivity contribution in [2.24, 2.45) is 0 Å². The van der Waals surface area contributed by atoms with Crippen LogP contribution in [0, 0.1) is 0 Å². The van der Waals surface area contributed by atoms with E-state index in [4.69, 9.17) is 11.6 Å². The predicted octanol–water partition coefficient (Wildman–Crippen LogP) is 4.11. The van der Waals surface area contributed by atoms with Crippen molar-refractivity contribution in [1.29, 1.82) is 0 Å². The highest BCUT2D eigenvalue weighted by Gasteiger charge is 2.32. The van der Waals surface area contributed by atoms with Crippen molar-refractivity contribution >= 4 is 35.1 Å². The number of carbonyl (C=O) groups is 1. The third-order valence-electron chi connectivity index (χ3n) is 4.96. The molecule has 1 aromatic carbocycles. The van der Waals surface area contributed by atoms with Gasteiger partial charge in [0, 0.05) is 5.02 Å². The van der Waals surface area contributed by atoms with Crippen LogP contribution in [0.4, 0.5) is 5.82 Å². The number of fused-ring (bicyclic) bond motifs is 1. The second-order valence-electron chi connectivity index (χ2n) is 6.66. The number of amides is 1. The van der Waals surface area contributed by atoms with Crippen molar-refractivity contribution < 1.29 is 4.79 Å². The minimum Gasteiger partial charge on any atom is -0.310 e. The van der Waals surface area contributed by atoms with Crippen molar-refractivity contribution in [1.82, 2.24) is 9.78 Å². The molecule has 1 aromatic heterocycles. The molecule has 132 valence electrons. The maximum atomic E-state index is 12.8. The average molecular weight is 378 g/mol. The highest BCUT2D eigenvalue weighted by atomic mass is 35.5. The number of aromatic nitrogens is 2. The Kier molecular flexibility index (Phi) is 4.65. The topological polar surface area (TPSA) is 66.9 Å². The maximum Gasteiger partial charge on any atom is 0.270 e. The average Bonchev–Trinajstić information content (AvgIpc) is 2.82. The Morgan fingerprint density at radius 2 is 1.96 bits per heavy atom. The van der Waals surface area contributed by atoms with Gasteiger partial charge in [0.05, 0.1) is 22.6 Å². The maximum absolute atomic E-state index is 12.8. The Bertz CT molecular complexity index is 854. The fraction of sp³-hybridized carbons (Fsp3) is 0.444. The second kappa shape index (κ2) is 6.92. The lowest BCUT2D eigenvalue weighted by molar-refractivity contribution is -0.113. The van der Waals surface area contributed by atoms with Gasteiger partial charge in [0.25, 0.3) is 5.56 Å². The quantitative estimate of drug-likeness (QED) is 0.827. The molecular formula is C18H20ClN3O2S. The Balaban J connectivity index is 1.82. The summed E-state index contributed by atoms with van der Waals surface area (Å²) in [6.45, 7) is 0. The molecule has 4 rings (SSSR count). The van der Waals surface area contributed by atoms with Gasteiger partial charge in [0.2, 0.25) is 5.91 Å². The molecule has 25 heavy (non-hydrogen) atoms. The summed E-state index contributed by atoms with van der Waals surface area (Å²) in [6.07, 6.45) is 5.60. The van der Waals surface area contributed by atoms with Crippen molar-refractivity contribution in [3.8, 4) is 0 Å². The van der Waals surface area contributed by atoms with Gasteiger partial charge in [-0.1, -0.05) is 43.0 Å². The van der Waals surface area contributed by atoms with Crippen molar-refractivity contribution in [3.63, 3.8) is 0 Å². The number of halogens is 1. The molecule has 1 atom stereocenters. The molecule has 2 aromatic rings.